The second kappa shape index (κ2) is 7.33. The maximum Gasteiger partial charge on any atom is 0.126 e. The van der Waals surface area contributed by atoms with E-state index in [1.54, 1.807) is 0 Å². The Morgan fingerprint density at radius 3 is 2.60 bits per heavy atom. The molecule has 0 amide bonds. The van der Waals surface area contributed by atoms with Gasteiger partial charge in [0.15, 0.2) is 0 Å². The highest BCUT2D eigenvalue weighted by Gasteiger charge is 2.23. The lowest BCUT2D eigenvalue weighted by atomic mass is 9.88. The Bertz CT molecular complexity index is 439. The maximum atomic E-state index is 10.5. The van der Waals surface area contributed by atoms with E-state index in [1.807, 2.05) is 12.1 Å². The Balaban J connectivity index is 2.12. The van der Waals surface area contributed by atoms with Crippen molar-refractivity contribution in [3.05, 3.63) is 28.3 Å². The van der Waals surface area contributed by atoms with E-state index in [0.717, 1.165) is 55.0 Å². The molecule has 1 unspecified atom stereocenters. The lowest BCUT2D eigenvalue weighted by Crippen LogP contribution is -2.23. The summed E-state index contributed by atoms with van der Waals surface area (Å²) in [7, 11) is 0. The summed E-state index contributed by atoms with van der Waals surface area (Å²) in [5, 5.41) is 11.3. The lowest BCUT2D eigenvalue weighted by Gasteiger charge is -2.23. The van der Waals surface area contributed by atoms with Gasteiger partial charge in [-0.1, -0.05) is 38.3 Å². The third-order valence-electron chi connectivity index (χ3n) is 4.12. The molecule has 2 nitrogen and oxygen atoms in total. The minimum atomic E-state index is -0.304. The smallest absolute Gasteiger partial charge is 0.126 e. The molecule has 1 aliphatic rings. The molecule has 1 aromatic carbocycles. The number of aliphatic hydroxyl groups is 1. The molecule has 1 aromatic rings. The van der Waals surface area contributed by atoms with Gasteiger partial charge in [0.05, 0.1) is 12.7 Å². The van der Waals surface area contributed by atoms with Gasteiger partial charge in [-0.05, 0) is 42.0 Å². The summed E-state index contributed by atoms with van der Waals surface area (Å²) < 4.78 is 5.72. The summed E-state index contributed by atoms with van der Waals surface area (Å²) in [6, 6.07) is 3.93. The normalized spacial score (nSPS) is 15.2. The third-order valence-corrected chi connectivity index (χ3v) is 4.34. The van der Waals surface area contributed by atoms with Crippen molar-refractivity contribution in [2.24, 2.45) is 5.92 Å². The maximum absolute atomic E-state index is 10.5. The van der Waals surface area contributed by atoms with Crippen LogP contribution in [-0.4, -0.2) is 17.8 Å². The molecule has 0 aromatic heterocycles. The summed E-state index contributed by atoms with van der Waals surface area (Å²) >= 11 is 6.18. The fourth-order valence-electron chi connectivity index (χ4n) is 3.16. The molecule has 0 bridgehead atoms. The molecule has 0 radical (unpaired) electrons. The van der Waals surface area contributed by atoms with Crippen LogP contribution in [0.3, 0.4) is 0 Å². The largest absolute Gasteiger partial charge is 0.493 e. The van der Waals surface area contributed by atoms with Crippen LogP contribution in [0, 0.1) is 5.92 Å². The highest BCUT2D eigenvalue weighted by Crippen LogP contribution is 2.34. The molecular formula is C17H25ClO2. The van der Waals surface area contributed by atoms with Crippen LogP contribution in [0.15, 0.2) is 12.1 Å². The predicted molar refractivity (Wildman–Crippen MR) is 83.7 cm³/mol. The van der Waals surface area contributed by atoms with Gasteiger partial charge < -0.3 is 9.84 Å². The first-order chi connectivity index (χ1) is 9.65. The summed E-state index contributed by atoms with van der Waals surface area (Å²) in [6.07, 6.45) is 5.66. The van der Waals surface area contributed by atoms with E-state index in [2.05, 4.69) is 13.8 Å². The average Bonchev–Trinajstić information content (AvgIpc) is 2.86. The van der Waals surface area contributed by atoms with Crippen molar-refractivity contribution in [1.82, 2.24) is 0 Å². The van der Waals surface area contributed by atoms with Gasteiger partial charge in [-0.25, -0.2) is 0 Å². The van der Waals surface area contributed by atoms with Gasteiger partial charge in [0.1, 0.15) is 5.75 Å². The summed E-state index contributed by atoms with van der Waals surface area (Å²) in [5.41, 5.74) is 2.25. The van der Waals surface area contributed by atoms with Gasteiger partial charge in [-0.2, -0.15) is 0 Å². The lowest BCUT2D eigenvalue weighted by molar-refractivity contribution is 0.0957. The minimum absolute atomic E-state index is 0.304. The first-order valence-corrected chi connectivity index (χ1v) is 8.15. The SMILES string of the molecule is CCCC(CCC)C(O)Cc1cc(Cl)cc2c1OCC2. The van der Waals surface area contributed by atoms with E-state index < -0.39 is 0 Å². The molecule has 112 valence electrons. The molecule has 0 spiro atoms. The number of aliphatic hydroxyl groups excluding tert-OH is 1. The van der Waals surface area contributed by atoms with Gasteiger partial charge in [-0.15, -0.1) is 0 Å². The zero-order chi connectivity index (χ0) is 14.5. The molecule has 1 atom stereocenters. The predicted octanol–water partition coefficient (Wildman–Crippen LogP) is 4.39. The molecule has 20 heavy (non-hydrogen) atoms. The topological polar surface area (TPSA) is 29.5 Å². The summed E-state index contributed by atoms with van der Waals surface area (Å²) in [4.78, 5) is 0. The van der Waals surface area contributed by atoms with E-state index in [4.69, 9.17) is 16.3 Å². The van der Waals surface area contributed by atoms with Crippen molar-refractivity contribution >= 4 is 11.6 Å². The fourth-order valence-corrected chi connectivity index (χ4v) is 3.42. The molecule has 0 fully saturated rings. The van der Waals surface area contributed by atoms with Gasteiger partial charge in [0.2, 0.25) is 0 Å². The van der Waals surface area contributed by atoms with Gasteiger partial charge in [0.25, 0.3) is 0 Å². The van der Waals surface area contributed by atoms with E-state index in [0.29, 0.717) is 12.3 Å². The van der Waals surface area contributed by atoms with Crippen LogP contribution in [0.4, 0.5) is 0 Å². The van der Waals surface area contributed by atoms with Crippen LogP contribution in [0.1, 0.15) is 50.7 Å². The van der Waals surface area contributed by atoms with Crippen molar-refractivity contribution < 1.29 is 9.84 Å². The molecule has 1 aliphatic heterocycles. The van der Waals surface area contributed by atoms with Crippen LogP contribution in [0.2, 0.25) is 5.02 Å². The number of rotatable bonds is 7. The van der Waals surface area contributed by atoms with Crippen LogP contribution in [-0.2, 0) is 12.8 Å². The molecular weight excluding hydrogens is 272 g/mol. The Labute approximate surface area is 127 Å². The number of ether oxygens (including phenoxy) is 1. The fraction of sp³-hybridized carbons (Fsp3) is 0.647. The van der Waals surface area contributed by atoms with E-state index in [-0.39, 0.29) is 6.10 Å². The molecule has 3 heteroatoms. The molecule has 2 rings (SSSR count). The van der Waals surface area contributed by atoms with Gasteiger partial charge in [0, 0.05) is 17.9 Å². The zero-order valence-electron chi connectivity index (χ0n) is 12.5. The van der Waals surface area contributed by atoms with Crippen molar-refractivity contribution in [2.75, 3.05) is 6.61 Å². The zero-order valence-corrected chi connectivity index (χ0v) is 13.2. The molecule has 0 saturated heterocycles. The van der Waals surface area contributed by atoms with E-state index in [1.165, 1.54) is 5.56 Å². The Morgan fingerprint density at radius 2 is 1.95 bits per heavy atom. The number of fused-ring (bicyclic) bond motifs is 1. The number of hydrogen-bond acceptors (Lipinski definition) is 2. The van der Waals surface area contributed by atoms with E-state index >= 15 is 0 Å². The Hall–Kier alpha value is -0.730. The van der Waals surface area contributed by atoms with Gasteiger partial charge >= 0.3 is 0 Å². The summed E-state index contributed by atoms with van der Waals surface area (Å²) in [5.74, 6) is 1.33. The number of hydrogen-bond donors (Lipinski definition) is 1. The standard InChI is InChI=1S/C17H25ClO2/c1-3-5-12(6-4-2)16(19)11-14-10-15(18)9-13-7-8-20-17(13)14/h9-10,12,16,19H,3-8,11H2,1-2H3. The Kier molecular flexibility index (Phi) is 5.74. The highest BCUT2D eigenvalue weighted by atomic mass is 35.5. The van der Waals surface area contributed by atoms with E-state index in [9.17, 15) is 5.11 Å². The number of halogens is 1. The molecule has 1 N–H and O–H groups in total. The third kappa shape index (κ3) is 3.67. The second-order valence-corrected chi connectivity index (χ2v) is 6.20. The second-order valence-electron chi connectivity index (χ2n) is 5.76. The first kappa shape index (κ1) is 15.7. The van der Waals surface area contributed by atoms with Crippen molar-refractivity contribution in [3.8, 4) is 5.75 Å². The van der Waals surface area contributed by atoms with Crippen LogP contribution < -0.4 is 4.74 Å². The van der Waals surface area contributed by atoms with Gasteiger partial charge in [-0.3, -0.25) is 0 Å². The Morgan fingerprint density at radius 1 is 1.25 bits per heavy atom. The monoisotopic (exact) mass is 296 g/mol. The molecule has 0 aliphatic carbocycles. The molecule has 1 heterocycles. The average molecular weight is 297 g/mol. The summed E-state index contributed by atoms with van der Waals surface area (Å²) in [6.45, 7) is 5.08. The van der Waals surface area contributed by atoms with Crippen molar-refractivity contribution in [1.29, 1.82) is 0 Å². The van der Waals surface area contributed by atoms with Crippen molar-refractivity contribution in [2.45, 2.75) is 58.5 Å². The van der Waals surface area contributed by atoms with Crippen LogP contribution in [0.5, 0.6) is 5.75 Å². The number of benzene rings is 1. The van der Waals surface area contributed by atoms with Crippen LogP contribution in [0.25, 0.3) is 0 Å². The minimum Gasteiger partial charge on any atom is -0.493 e. The first-order valence-electron chi connectivity index (χ1n) is 7.77. The van der Waals surface area contributed by atoms with Crippen LogP contribution >= 0.6 is 11.6 Å². The molecule has 0 saturated carbocycles. The van der Waals surface area contributed by atoms with Crippen molar-refractivity contribution in [3.63, 3.8) is 0 Å². The highest BCUT2D eigenvalue weighted by molar-refractivity contribution is 6.30. The quantitative estimate of drug-likeness (QED) is 0.808.